The molecular weight excluding hydrogens is 638 g/mol. The van der Waals surface area contributed by atoms with E-state index in [4.69, 9.17) is 4.74 Å². The van der Waals surface area contributed by atoms with Gasteiger partial charge in [0, 0.05) is 49.8 Å². The quantitative estimate of drug-likeness (QED) is 0.206. The van der Waals surface area contributed by atoms with E-state index in [1.54, 1.807) is 6.07 Å². The zero-order valence-electron chi connectivity index (χ0n) is 25.7. The van der Waals surface area contributed by atoms with Crippen LogP contribution in [0.3, 0.4) is 0 Å². The second-order valence-corrected chi connectivity index (χ2v) is 11.0. The Kier molecular flexibility index (Phi) is 11.1. The number of aryl methyl sites for hydroxylation is 1. The Bertz CT molecular complexity index is 1770. The number of pyridine rings is 1. The van der Waals surface area contributed by atoms with Crippen molar-refractivity contribution in [3.05, 3.63) is 100 Å². The van der Waals surface area contributed by atoms with E-state index in [0.717, 1.165) is 41.2 Å². The monoisotopic (exact) mass is 671 g/mol. The van der Waals surface area contributed by atoms with Crippen molar-refractivity contribution >= 4 is 23.2 Å². The maximum absolute atomic E-state index is 14.8. The molecule has 0 aliphatic carbocycles. The lowest BCUT2D eigenvalue weighted by molar-refractivity contribution is -0.274. The molecule has 5 rings (SSSR count). The molecule has 4 aromatic rings. The number of anilines is 2. The Morgan fingerprint density at radius 1 is 1.02 bits per heavy atom. The van der Waals surface area contributed by atoms with Gasteiger partial charge in [0.1, 0.15) is 11.9 Å². The first-order valence-electron chi connectivity index (χ1n) is 15.1. The predicted molar refractivity (Wildman–Crippen MR) is 166 cm³/mol. The summed E-state index contributed by atoms with van der Waals surface area (Å²) in [6.45, 7) is 2.60. The van der Waals surface area contributed by atoms with Crippen LogP contribution in [0.5, 0.6) is 5.75 Å². The standard InChI is InChI=1S/C32H33F4N7O5/c33-24(20-43-21-28(39-40-43)31(46)37-19-23-4-2-6-27(16-23)48-32(34,35)36)7-9-42-10-8-25(18-30(42)45)38-29(44)17-22-3-1-5-26(15-22)41-11-13-47-14-12-41/h1-6,8,10,15-16,18,21,24H,7,9,11-14,17,19-20H2,(H,37,46)(H,38,44). The third kappa shape index (κ3) is 10.1. The highest BCUT2D eigenvalue weighted by Crippen LogP contribution is 2.23. The number of benzene rings is 2. The number of nitrogens with zero attached hydrogens (tertiary/aromatic N) is 5. The van der Waals surface area contributed by atoms with Crippen LogP contribution in [0.25, 0.3) is 0 Å². The maximum atomic E-state index is 14.8. The highest BCUT2D eigenvalue weighted by Gasteiger charge is 2.31. The number of alkyl halides is 4. The summed E-state index contributed by atoms with van der Waals surface area (Å²) in [5.74, 6) is -1.35. The largest absolute Gasteiger partial charge is 0.573 e. The molecule has 2 amide bonds. The van der Waals surface area contributed by atoms with E-state index in [2.05, 4.69) is 30.6 Å². The Morgan fingerprint density at radius 3 is 2.56 bits per heavy atom. The van der Waals surface area contributed by atoms with Crippen molar-refractivity contribution in [2.24, 2.45) is 0 Å². The fraction of sp³-hybridized carbons (Fsp3) is 0.344. The number of hydrogen-bond donors (Lipinski definition) is 2. The van der Waals surface area contributed by atoms with Crippen LogP contribution in [0.15, 0.2) is 77.9 Å². The number of ether oxygens (including phenoxy) is 2. The molecule has 254 valence electrons. The number of aromatic nitrogens is 4. The summed E-state index contributed by atoms with van der Waals surface area (Å²) in [4.78, 5) is 39.9. The van der Waals surface area contributed by atoms with E-state index in [1.165, 1.54) is 35.2 Å². The molecule has 2 N–H and O–H groups in total. The summed E-state index contributed by atoms with van der Waals surface area (Å²) in [6.07, 6.45) is -3.46. The number of carbonyl (C=O) groups is 2. The molecule has 2 aromatic heterocycles. The molecule has 12 nitrogen and oxygen atoms in total. The molecule has 0 spiro atoms. The molecule has 1 fully saturated rings. The van der Waals surface area contributed by atoms with Crippen LogP contribution in [-0.2, 0) is 35.6 Å². The first kappa shape index (κ1) is 34.1. The number of carbonyl (C=O) groups excluding carboxylic acids is 2. The van der Waals surface area contributed by atoms with E-state index in [9.17, 15) is 31.9 Å². The van der Waals surface area contributed by atoms with E-state index in [0.29, 0.717) is 24.5 Å². The summed E-state index contributed by atoms with van der Waals surface area (Å²) in [6, 6.07) is 15.7. The summed E-state index contributed by atoms with van der Waals surface area (Å²) in [5.41, 5.74) is 2.03. The predicted octanol–water partition coefficient (Wildman–Crippen LogP) is 3.71. The Balaban J connectivity index is 1.06. The minimum Gasteiger partial charge on any atom is -0.406 e. The molecule has 1 atom stereocenters. The van der Waals surface area contributed by atoms with Gasteiger partial charge in [0.15, 0.2) is 5.69 Å². The molecule has 0 bridgehead atoms. The zero-order valence-corrected chi connectivity index (χ0v) is 25.7. The third-order valence-corrected chi connectivity index (χ3v) is 7.36. The van der Waals surface area contributed by atoms with Gasteiger partial charge in [0.05, 0.1) is 32.4 Å². The van der Waals surface area contributed by atoms with Crippen molar-refractivity contribution in [2.45, 2.75) is 45.0 Å². The van der Waals surface area contributed by atoms with Gasteiger partial charge in [-0.15, -0.1) is 18.3 Å². The highest BCUT2D eigenvalue weighted by molar-refractivity contribution is 5.92. The SMILES string of the molecule is O=C(Cc1cccc(N2CCOCC2)c1)Nc1ccn(CCC(F)Cn2cc(C(=O)NCc3cccc(OC(F)(F)F)c3)nn2)c(=O)c1. The zero-order chi connectivity index (χ0) is 34.1. The average molecular weight is 672 g/mol. The first-order valence-corrected chi connectivity index (χ1v) is 15.1. The summed E-state index contributed by atoms with van der Waals surface area (Å²) >= 11 is 0. The second kappa shape index (κ2) is 15.6. The van der Waals surface area contributed by atoms with E-state index in [-0.39, 0.29) is 44.1 Å². The number of amides is 2. The van der Waals surface area contributed by atoms with Crippen LogP contribution in [0, 0.1) is 0 Å². The van der Waals surface area contributed by atoms with Crippen molar-refractivity contribution in [3.8, 4) is 5.75 Å². The van der Waals surface area contributed by atoms with Gasteiger partial charge in [0.25, 0.3) is 11.5 Å². The molecule has 2 aromatic carbocycles. The molecule has 0 saturated carbocycles. The smallest absolute Gasteiger partial charge is 0.406 e. The Morgan fingerprint density at radius 2 is 1.79 bits per heavy atom. The average Bonchev–Trinajstić information content (AvgIpc) is 3.51. The van der Waals surface area contributed by atoms with Gasteiger partial charge in [-0.05, 0) is 47.9 Å². The van der Waals surface area contributed by atoms with Crippen molar-refractivity contribution in [1.29, 1.82) is 0 Å². The number of nitrogens with one attached hydrogen (secondary N) is 2. The lowest BCUT2D eigenvalue weighted by Gasteiger charge is -2.29. The number of rotatable bonds is 13. The second-order valence-electron chi connectivity index (χ2n) is 11.0. The maximum Gasteiger partial charge on any atom is 0.573 e. The molecule has 1 aliphatic heterocycles. The van der Waals surface area contributed by atoms with Crippen LogP contribution in [0.1, 0.15) is 28.0 Å². The molecule has 0 radical (unpaired) electrons. The van der Waals surface area contributed by atoms with Crippen LogP contribution >= 0.6 is 0 Å². The fourth-order valence-corrected chi connectivity index (χ4v) is 5.04. The van der Waals surface area contributed by atoms with Crippen molar-refractivity contribution < 1.29 is 36.6 Å². The fourth-order valence-electron chi connectivity index (χ4n) is 5.04. The Hall–Kier alpha value is -5.25. The lowest BCUT2D eigenvalue weighted by atomic mass is 10.1. The van der Waals surface area contributed by atoms with Crippen LogP contribution in [0.4, 0.5) is 28.9 Å². The number of halogens is 4. The van der Waals surface area contributed by atoms with Crippen molar-refractivity contribution in [2.75, 3.05) is 36.5 Å². The molecule has 16 heteroatoms. The minimum atomic E-state index is -4.84. The molecule has 48 heavy (non-hydrogen) atoms. The molecule has 1 aliphatic rings. The minimum absolute atomic E-state index is 0.0389. The van der Waals surface area contributed by atoms with E-state index < -0.39 is 29.7 Å². The first-order chi connectivity index (χ1) is 23.0. The van der Waals surface area contributed by atoms with Gasteiger partial charge in [0.2, 0.25) is 5.91 Å². The highest BCUT2D eigenvalue weighted by atomic mass is 19.4. The third-order valence-electron chi connectivity index (χ3n) is 7.36. The summed E-state index contributed by atoms with van der Waals surface area (Å²) in [5, 5.41) is 12.7. The molecule has 1 unspecified atom stereocenters. The van der Waals surface area contributed by atoms with Gasteiger partial charge in [-0.1, -0.05) is 29.5 Å². The Labute approximate surface area is 272 Å². The lowest BCUT2D eigenvalue weighted by Crippen LogP contribution is -2.36. The van der Waals surface area contributed by atoms with Crippen molar-refractivity contribution in [1.82, 2.24) is 24.9 Å². The van der Waals surface area contributed by atoms with Gasteiger partial charge in [-0.25, -0.2) is 9.07 Å². The van der Waals surface area contributed by atoms with E-state index in [1.807, 2.05) is 24.3 Å². The van der Waals surface area contributed by atoms with Gasteiger partial charge >= 0.3 is 6.36 Å². The molecule has 1 saturated heterocycles. The van der Waals surface area contributed by atoms with Gasteiger partial charge in [-0.3, -0.25) is 14.4 Å². The summed E-state index contributed by atoms with van der Waals surface area (Å²) in [7, 11) is 0. The van der Waals surface area contributed by atoms with Crippen molar-refractivity contribution in [3.63, 3.8) is 0 Å². The van der Waals surface area contributed by atoms with Crippen LogP contribution in [-0.4, -0.2) is 70.2 Å². The van der Waals surface area contributed by atoms with Gasteiger partial charge in [-0.2, -0.15) is 0 Å². The molecule has 3 heterocycles. The summed E-state index contributed by atoms with van der Waals surface area (Å²) < 4.78 is 63.9. The molecular formula is C32H33F4N7O5. The normalized spacial score (nSPS) is 14.0. The van der Waals surface area contributed by atoms with E-state index >= 15 is 0 Å². The van der Waals surface area contributed by atoms with Crippen LogP contribution in [0.2, 0.25) is 0 Å². The topological polar surface area (TPSA) is 133 Å². The number of hydrogen-bond acceptors (Lipinski definition) is 8. The van der Waals surface area contributed by atoms with Crippen LogP contribution < -0.4 is 25.8 Å². The number of morpholine rings is 1. The van der Waals surface area contributed by atoms with Gasteiger partial charge < -0.3 is 29.6 Å².